The molecule has 2 amide bonds. The fraction of sp³-hybridized carbons (Fsp3) is 0.500. The van der Waals surface area contributed by atoms with Crippen molar-refractivity contribution < 1.29 is 29.3 Å². The van der Waals surface area contributed by atoms with Crippen LogP contribution < -0.4 is 10.6 Å². The summed E-state index contributed by atoms with van der Waals surface area (Å²) in [4.78, 5) is 35.4. The number of aliphatic hydroxyl groups excluding tert-OH is 1. The Balaban J connectivity index is 2.61. The van der Waals surface area contributed by atoms with E-state index in [1.807, 2.05) is 13.0 Å². The average molecular weight is 366 g/mol. The highest BCUT2D eigenvalue weighted by Gasteiger charge is 2.29. The third kappa shape index (κ3) is 7.52. The second-order valence-electron chi connectivity index (χ2n) is 5.97. The van der Waals surface area contributed by atoms with Crippen LogP contribution in [0.15, 0.2) is 30.3 Å². The maximum atomic E-state index is 12.3. The molecule has 0 aliphatic rings. The smallest absolute Gasteiger partial charge is 0.408 e. The molecule has 0 saturated carbocycles. The van der Waals surface area contributed by atoms with E-state index in [-0.39, 0.29) is 13.0 Å². The molecule has 0 spiro atoms. The maximum absolute atomic E-state index is 12.3. The van der Waals surface area contributed by atoms with Gasteiger partial charge in [0.15, 0.2) is 0 Å². The second-order valence-corrected chi connectivity index (χ2v) is 5.97. The third-order valence-corrected chi connectivity index (χ3v) is 3.71. The predicted molar refractivity (Wildman–Crippen MR) is 94.3 cm³/mol. The summed E-state index contributed by atoms with van der Waals surface area (Å²) in [5, 5.41) is 23.6. The van der Waals surface area contributed by atoms with Gasteiger partial charge in [0.2, 0.25) is 5.91 Å². The molecular formula is C18H26N2O6. The lowest BCUT2D eigenvalue weighted by molar-refractivity contribution is -0.142. The highest BCUT2D eigenvalue weighted by Crippen LogP contribution is 2.04. The first kappa shape index (κ1) is 21.4. The molecule has 0 aliphatic heterocycles. The Bertz CT molecular complexity index is 591. The number of hydrogen-bond donors (Lipinski definition) is 4. The van der Waals surface area contributed by atoms with Gasteiger partial charge in [-0.05, 0) is 18.9 Å². The van der Waals surface area contributed by atoms with Gasteiger partial charge >= 0.3 is 12.1 Å². The van der Waals surface area contributed by atoms with Gasteiger partial charge in [-0.15, -0.1) is 0 Å². The first-order valence-electron chi connectivity index (χ1n) is 8.53. The molecule has 3 atom stereocenters. The molecule has 0 aliphatic carbocycles. The number of aliphatic carboxylic acids is 1. The Morgan fingerprint density at radius 2 is 1.81 bits per heavy atom. The van der Waals surface area contributed by atoms with Crippen molar-refractivity contribution >= 4 is 18.0 Å². The zero-order valence-electron chi connectivity index (χ0n) is 15.0. The minimum atomic E-state index is -1.32. The monoisotopic (exact) mass is 366 g/mol. The van der Waals surface area contributed by atoms with Crippen LogP contribution in [-0.4, -0.2) is 46.4 Å². The van der Waals surface area contributed by atoms with Gasteiger partial charge in [-0.25, -0.2) is 9.59 Å². The molecule has 0 heterocycles. The van der Waals surface area contributed by atoms with Crippen LogP contribution >= 0.6 is 0 Å². The molecule has 26 heavy (non-hydrogen) atoms. The van der Waals surface area contributed by atoms with Crippen LogP contribution in [0.5, 0.6) is 0 Å². The fourth-order valence-electron chi connectivity index (χ4n) is 2.22. The van der Waals surface area contributed by atoms with E-state index >= 15 is 0 Å². The molecular weight excluding hydrogens is 340 g/mol. The average Bonchev–Trinajstić information content (AvgIpc) is 2.61. The molecule has 0 bridgehead atoms. The first-order valence-corrected chi connectivity index (χ1v) is 8.53. The predicted octanol–water partition coefficient (Wildman–Crippen LogP) is 1.42. The van der Waals surface area contributed by atoms with E-state index in [1.54, 1.807) is 24.3 Å². The van der Waals surface area contributed by atoms with Gasteiger partial charge in [-0.1, -0.05) is 50.1 Å². The SMILES string of the molecule is CCCC[C@H](NC(=O)[C@@H](NC(=O)OCc1ccccc1)[C@@H](C)O)C(=O)O. The maximum Gasteiger partial charge on any atom is 0.408 e. The number of carboxylic acid groups (broad SMARTS) is 1. The zero-order chi connectivity index (χ0) is 19.5. The van der Waals surface area contributed by atoms with E-state index in [0.717, 1.165) is 12.0 Å². The van der Waals surface area contributed by atoms with Gasteiger partial charge in [-0.2, -0.15) is 0 Å². The molecule has 0 radical (unpaired) electrons. The molecule has 1 rings (SSSR count). The quantitative estimate of drug-likeness (QED) is 0.496. The number of unbranched alkanes of at least 4 members (excludes halogenated alkanes) is 1. The number of ether oxygens (including phenoxy) is 1. The number of carboxylic acids is 1. The Morgan fingerprint density at radius 3 is 2.35 bits per heavy atom. The third-order valence-electron chi connectivity index (χ3n) is 3.71. The van der Waals surface area contributed by atoms with Crippen LogP contribution in [-0.2, 0) is 20.9 Å². The number of amides is 2. The largest absolute Gasteiger partial charge is 0.480 e. The second kappa shape index (κ2) is 11.1. The van der Waals surface area contributed by atoms with Gasteiger partial charge in [0.05, 0.1) is 6.10 Å². The number of alkyl carbamates (subject to hydrolysis) is 1. The Hall–Kier alpha value is -2.61. The summed E-state index contributed by atoms with van der Waals surface area (Å²) in [6.45, 7) is 3.24. The van der Waals surface area contributed by atoms with Gasteiger partial charge in [0, 0.05) is 0 Å². The summed E-state index contributed by atoms with van der Waals surface area (Å²) in [6, 6.07) is 6.58. The minimum Gasteiger partial charge on any atom is -0.480 e. The van der Waals surface area contributed by atoms with Crippen molar-refractivity contribution in [1.29, 1.82) is 0 Å². The number of rotatable bonds is 10. The molecule has 0 unspecified atom stereocenters. The van der Waals surface area contributed by atoms with Crippen molar-refractivity contribution in [2.75, 3.05) is 0 Å². The normalized spacial score (nSPS) is 14.0. The van der Waals surface area contributed by atoms with Crippen LogP contribution in [0.2, 0.25) is 0 Å². The van der Waals surface area contributed by atoms with Gasteiger partial charge < -0.3 is 25.6 Å². The van der Waals surface area contributed by atoms with E-state index in [2.05, 4.69) is 10.6 Å². The lowest BCUT2D eigenvalue weighted by atomic mass is 10.1. The van der Waals surface area contributed by atoms with E-state index in [9.17, 15) is 24.6 Å². The number of hydrogen-bond acceptors (Lipinski definition) is 5. The molecule has 1 aromatic rings. The molecule has 8 heteroatoms. The van der Waals surface area contributed by atoms with Crippen molar-refractivity contribution in [3.8, 4) is 0 Å². The number of aliphatic hydroxyl groups is 1. The highest BCUT2D eigenvalue weighted by molar-refractivity contribution is 5.89. The standard InChI is InChI=1S/C18H26N2O6/c1-3-4-10-14(17(23)24)19-16(22)15(12(2)21)20-18(25)26-11-13-8-6-5-7-9-13/h5-9,12,14-15,21H,3-4,10-11H2,1-2H3,(H,19,22)(H,20,25)(H,23,24)/t12-,14+,15+/m1/s1. The Morgan fingerprint density at radius 1 is 1.15 bits per heavy atom. The van der Waals surface area contributed by atoms with E-state index in [0.29, 0.717) is 6.42 Å². The summed E-state index contributed by atoms with van der Waals surface area (Å²) in [5.41, 5.74) is 0.770. The van der Waals surface area contributed by atoms with Gasteiger partial charge in [-0.3, -0.25) is 4.79 Å². The molecule has 0 aromatic heterocycles. The lowest BCUT2D eigenvalue weighted by Gasteiger charge is -2.23. The molecule has 0 saturated heterocycles. The molecule has 1 aromatic carbocycles. The van der Waals surface area contributed by atoms with E-state index in [1.165, 1.54) is 6.92 Å². The van der Waals surface area contributed by atoms with Crippen LogP contribution in [0.25, 0.3) is 0 Å². The first-order chi connectivity index (χ1) is 12.3. The molecule has 4 N–H and O–H groups in total. The van der Waals surface area contributed by atoms with Crippen molar-refractivity contribution in [3.05, 3.63) is 35.9 Å². The number of carbonyl (C=O) groups excluding carboxylic acids is 2. The summed E-state index contributed by atoms with van der Waals surface area (Å²) in [5.74, 6) is -1.94. The number of nitrogens with one attached hydrogen (secondary N) is 2. The van der Waals surface area contributed by atoms with E-state index < -0.39 is 36.2 Å². The van der Waals surface area contributed by atoms with Crippen LogP contribution in [0, 0.1) is 0 Å². The Kier molecular flexibility index (Phi) is 9.14. The molecule has 0 fully saturated rings. The van der Waals surface area contributed by atoms with Crippen molar-refractivity contribution in [1.82, 2.24) is 10.6 Å². The fourth-order valence-corrected chi connectivity index (χ4v) is 2.22. The lowest BCUT2D eigenvalue weighted by Crippen LogP contribution is -2.55. The van der Waals surface area contributed by atoms with Crippen molar-refractivity contribution in [2.45, 2.75) is 57.9 Å². The summed E-state index contributed by atoms with van der Waals surface area (Å²) in [6.07, 6.45) is -0.426. The summed E-state index contributed by atoms with van der Waals surface area (Å²) in [7, 11) is 0. The number of carbonyl (C=O) groups is 3. The Labute approximate surface area is 152 Å². The molecule has 144 valence electrons. The highest BCUT2D eigenvalue weighted by atomic mass is 16.5. The van der Waals surface area contributed by atoms with Crippen molar-refractivity contribution in [2.24, 2.45) is 0 Å². The zero-order valence-corrected chi connectivity index (χ0v) is 15.0. The van der Waals surface area contributed by atoms with Crippen molar-refractivity contribution in [3.63, 3.8) is 0 Å². The van der Waals surface area contributed by atoms with Gasteiger partial charge in [0.25, 0.3) is 0 Å². The topological polar surface area (TPSA) is 125 Å². The van der Waals surface area contributed by atoms with Crippen LogP contribution in [0.1, 0.15) is 38.7 Å². The summed E-state index contributed by atoms with van der Waals surface area (Å²) >= 11 is 0. The van der Waals surface area contributed by atoms with Crippen LogP contribution in [0.4, 0.5) is 4.79 Å². The van der Waals surface area contributed by atoms with Gasteiger partial charge in [0.1, 0.15) is 18.7 Å². The van der Waals surface area contributed by atoms with Crippen LogP contribution in [0.3, 0.4) is 0 Å². The minimum absolute atomic E-state index is 0.00900. The summed E-state index contributed by atoms with van der Waals surface area (Å²) < 4.78 is 5.02. The molecule has 8 nitrogen and oxygen atoms in total. The van der Waals surface area contributed by atoms with E-state index in [4.69, 9.17) is 4.74 Å². The number of benzene rings is 1.